The van der Waals surface area contributed by atoms with Crippen LogP contribution in [-0.2, 0) is 11.2 Å². The monoisotopic (exact) mass is 506 g/mol. The van der Waals surface area contributed by atoms with Gasteiger partial charge in [-0.3, -0.25) is 0 Å². The van der Waals surface area contributed by atoms with E-state index in [1.54, 1.807) is 20.3 Å². The van der Waals surface area contributed by atoms with Gasteiger partial charge in [-0.1, -0.05) is 12.1 Å². The standard InChI is InChI=1S/C28H30N2O7/c1-19(27(31)32)36-24-6-4-5-20(17-24)13-14-30(15-16-35-22-9-7-21(33-2)8-10-22)28-29-25-18-23(34-3)11-12-26(25)37-28/h4-12,17-19H,13-16H2,1-3H3,(H,31,32). The molecule has 0 bridgehead atoms. The van der Waals surface area contributed by atoms with Crippen molar-refractivity contribution in [2.24, 2.45) is 0 Å². The molecule has 9 heteroatoms. The summed E-state index contributed by atoms with van der Waals surface area (Å²) in [4.78, 5) is 17.8. The molecule has 1 atom stereocenters. The molecule has 1 aromatic heterocycles. The molecule has 1 N–H and O–H groups in total. The van der Waals surface area contributed by atoms with E-state index in [1.165, 1.54) is 6.92 Å². The summed E-state index contributed by atoms with van der Waals surface area (Å²) in [6, 6.07) is 20.8. The first-order valence-electron chi connectivity index (χ1n) is 11.9. The Morgan fingerprint density at radius 2 is 1.68 bits per heavy atom. The Labute approximate surface area is 215 Å². The minimum atomic E-state index is -1.01. The molecule has 0 aliphatic heterocycles. The Hall–Kier alpha value is -4.40. The van der Waals surface area contributed by atoms with E-state index < -0.39 is 12.1 Å². The second kappa shape index (κ2) is 12.0. The molecule has 3 aromatic carbocycles. The topological polar surface area (TPSA) is 103 Å². The first-order chi connectivity index (χ1) is 17.9. The predicted molar refractivity (Wildman–Crippen MR) is 139 cm³/mol. The fourth-order valence-electron chi connectivity index (χ4n) is 3.70. The van der Waals surface area contributed by atoms with Crippen molar-refractivity contribution in [2.45, 2.75) is 19.4 Å². The lowest BCUT2D eigenvalue weighted by atomic mass is 10.1. The van der Waals surface area contributed by atoms with Crippen molar-refractivity contribution in [3.05, 3.63) is 72.3 Å². The number of aromatic nitrogens is 1. The van der Waals surface area contributed by atoms with Crippen molar-refractivity contribution in [2.75, 3.05) is 38.8 Å². The van der Waals surface area contributed by atoms with E-state index in [1.807, 2.05) is 65.6 Å². The first-order valence-corrected chi connectivity index (χ1v) is 11.9. The van der Waals surface area contributed by atoms with Gasteiger partial charge in [0.05, 0.1) is 20.8 Å². The van der Waals surface area contributed by atoms with Crippen molar-refractivity contribution < 1.29 is 33.3 Å². The normalized spacial score (nSPS) is 11.6. The van der Waals surface area contributed by atoms with E-state index in [4.69, 9.17) is 28.5 Å². The third-order valence-corrected chi connectivity index (χ3v) is 5.77. The summed E-state index contributed by atoms with van der Waals surface area (Å²) < 4.78 is 28.0. The molecule has 37 heavy (non-hydrogen) atoms. The smallest absolute Gasteiger partial charge is 0.344 e. The van der Waals surface area contributed by atoms with Crippen LogP contribution in [0.3, 0.4) is 0 Å². The Balaban J connectivity index is 1.48. The number of carboxylic acid groups (broad SMARTS) is 1. The zero-order valence-corrected chi connectivity index (χ0v) is 21.0. The molecule has 0 radical (unpaired) electrons. The Morgan fingerprint density at radius 3 is 2.41 bits per heavy atom. The highest BCUT2D eigenvalue weighted by molar-refractivity contribution is 5.76. The summed E-state index contributed by atoms with van der Waals surface area (Å²) in [6.45, 7) is 3.03. The number of rotatable bonds is 13. The van der Waals surface area contributed by atoms with Gasteiger partial charge < -0.3 is 33.4 Å². The van der Waals surface area contributed by atoms with Gasteiger partial charge in [-0.15, -0.1) is 0 Å². The van der Waals surface area contributed by atoms with Gasteiger partial charge in [-0.2, -0.15) is 4.98 Å². The molecule has 0 fully saturated rings. The van der Waals surface area contributed by atoms with Crippen LogP contribution in [0.15, 0.2) is 71.1 Å². The largest absolute Gasteiger partial charge is 0.497 e. The van der Waals surface area contributed by atoms with Crippen LogP contribution in [0.5, 0.6) is 23.0 Å². The molecule has 4 rings (SSSR count). The minimum Gasteiger partial charge on any atom is -0.497 e. The Morgan fingerprint density at radius 1 is 0.946 bits per heavy atom. The lowest BCUT2D eigenvalue weighted by molar-refractivity contribution is -0.144. The van der Waals surface area contributed by atoms with Crippen LogP contribution in [-0.4, -0.2) is 56.1 Å². The maximum absolute atomic E-state index is 11.1. The third-order valence-electron chi connectivity index (χ3n) is 5.77. The number of aliphatic carboxylic acids is 1. The molecule has 0 saturated carbocycles. The molecule has 1 heterocycles. The second-order valence-electron chi connectivity index (χ2n) is 8.34. The average molecular weight is 507 g/mol. The average Bonchev–Trinajstić information content (AvgIpc) is 3.34. The fraction of sp³-hybridized carbons (Fsp3) is 0.286. The van der Waals surface area contributed by atoms with Gasteiger partial charge in [0.1, 0.15) is 35.1 Å². The number of ether oxygens (including phenoxy) is 4. The molecule has 0 aliphatic rings. The van der Waals surface area contributed by atoms with E-state index in [2.05, 4.69) is 4.98 Å². The van der Waals surface area contributed by atoms with E-state index in [-0.39, 0.29) is 0 Å². The van der Waals surface area contributed by atoms with Crippen LogP contribution in [0, 0.1) is 0 Å². The molecule has 194 valence electrons. The van der Waals surface area contributed by atoms with Crippen molar-refractivity contribution in [1.29, 1.82) is 0 Å². The summed E-state index contributed by atoms with van der Waals surface area (Å²) in [7, 11) is 3.23. The summed E-state index contributed by atoms with van der Waals surface area (Å²) in [5.41, 5.74) is 2.36. The van der Waals surface area contributed by atoms with E-state index >= 15 is 0 Å². The summed E-state index contributed by atoms with van der Waals surface area (Å²) in [6.07, 6.45) is -0.276. The van der Waals surface area contributed by atoms with Gasteiger partial charge in [0, 0.05) is 12.6 Å². The van der Waals surface area contributed by atoms with Crippen LogP contribution < -0.4 is 23.8 Å². The summed E-state index contributed by atoms with van der Waals surface area (Å²) in [5.74, 6) is 1.70. The molecule has 4 aromatic rings. The van der Waals surface area contributed by atoms with Crippen molar-refractivity contribution >= 4 is 23.1 Å². The highest BCUT2D eigenvalue weighted by atomic mass is 16.5. The number of methoxy groups -OCH3 is 2. The highest BCUT2D eigenvalue weighted by Gasteiger charge is 2.16. The number of hydrogen-bond acceptors (Lipinski definition) is 8. The van der Waals surface area contributed by atoms with Crippen LogP contribution >= 0.6 is 0 Å². The molecular formula is C28H30N2O7. The van der Waals surface area contributed by atoms with Crippen LogP contribution in [0.2, 0.25) is 0 Å². The molecule has 9 nitrogen and oxygen atoms in total. The number of oxazole rings is 1. The SMILES string of the molecule is COc1ccc(OCCN(CCc2cccc(OC(C)C(=O)O)c2)c2nc3cc(OC)ccc3o2)cc1. The number of fused-ring (bicyclic) bond motifs is 1. The second-order valence-corrected chi connectivity index (χ2v) is 8.34. The molecule has 0 saturated heterocycles. The number of carboxylic acids is 1. The number of hydrogen-bond donors (Lipinski definition) is 1. The van der Waals surface area contributed by atoms with Gasteiger partial charge in [-0.05, 0) is 67.4 Å². The first kappa shape index (κ1) is 25.7. The van der Waals surface area contributed by atoms with E-state index in [0.29, 0.717) is 54.7 Å². The zero-order valence-electron chi connectivity index (χ0n) is 21.0. The molecule has 0 amide bonds. The van der Waals surface area contributed by atoms with Gasteiger partial charge in [0.25, 0.3) is 6.01 Å². The molecular weight excluding hydrogens is 476 g/mol. The molecule has 0 aliphatic carbocycles. The summed E-state index contributed by atoms with van der Waals surface area (Å²) in [5, 5.41) is 9.12. The third kappa shape index (κ3) is 6.84. The van der Waals surface area contributed by atoms with E-state index in [0.717, 1.165) is 17.1 Å². The van der Waals surface area contributed by atoms with Crippen LogP contribution in [0.25, 0.3) is 11.1 Å². The van der Waals surface area contributed by atoms with Crippen LogP contribution in [0.1, 0.15) is 12.5 Å². The lowest BCUT2D eigenvalue weighted by Crippen LogP contribution is -2.30. The van der Waals surface area contributed by atoms with Crippen molar-refractivity contribution in [1.82, 2.24) is 4.98 Å². The van der Waals surface area contributed by atoms with Crippen LogP contribution in [0.4, 0.5) is 6.01 Å². The maximum Gasteiger partial charge on any atom is 0.344 e. The fourth-order valence-corrected chi connectivity index (χ4v) is 3.70. The van der Waals surface area contributed by atoms with Gasteiger partial charge in [0.2, 0.25) is 0 Å². The Bertz CT molecular complexity index is 1320. The number of benzene rings is 3. The van der Waals surface area contributed by atoms with Gasteiger partial charge in [0.15, 0.2) is 11.7 Å². The van der Waals surface area contributed by atoms with Crippen molar-refractivity contribution in [3.8, 4) is 23.0 Å². The van der Waals surface area contributed by atoms with Gasteiger partial charge in [-0.25, -0.2) is 4.79 Å². The lowest BCUT2D eigenvalue weighted by Gasteiger charge is -2.21. The minimum absolute atomic E-state index is 0.410. The van der Waals surface area contributed by atoms with Gasteiger partial charge >= 0.3 is 5.97 Å². The maximum atomic E-state index is 11.1. The predicted octanol–water partition coefficient (Wildman–Crippen LogP) is 4.83. The molecule has 0 spiro atoms. The Kier molecular flexibility index (Phi) is 8.35. The number of anilines is 1. The number of carbonyl (C=O) groups is 1. The highest BCUT2D eigenvalue weighted by Crippen LogP contribution is 2.26. The summed E-state index contributed by atoms with van der Waals surface area (Å²) >= 11 is 0. The zero-order chi connectivity index (χ0) is 26.2. The molecule has 1 unspecified atom stereocenters. The quantitative estimate of drug-likeness (QED) is 0.273. The number of nitrogens with zero attached hydrogens (tertiary/aromatic N) is 2. The van der Waals surface area contributed by atoms with Crippen molar-refractivity contribution in [3.63, 3.8) is 0 Å². The van der Waals surface area contributed by atoms with E-state index in [9.17, 15) is 4.79 Å².